The van der Waals surface area contributed by atoms with E-state index in [1.807, 2.05) is 11.3 Å². The van der Waals surface area contributed by atoms with Crippen LogP contribution in [0, 0.1) is 18.3 Å². The van der Waals surface area contributed by atoms with Crippen molar-refractivity contribution in [2.45, 2.75) is 19.4 Å². The van der Waals surface area contributed by atoms with E-state index in [0.717, 1.165) is 25.6 Å². The molecule has 2 heterocycles. The lowest BCUT2D eigenvalue weighted by molar-refractivity contribution is 0.169. The molecule has 0 amide bonds. The van der Waals surface area contributed by atoms with Gasteiger partial charge in [0, 0.05) is 31.6 Å². The molecule has 0 spiro atoms. The van der Waals surface area contributed by atoms with Crippen molar-refractivity contribution < 1.29 is 0 Å². The number of hydrogen-bond acceptors (Lipinski definition) is 3. The summed E-state index contributed by atoms with van der Waals surface area (Å²) in [6.07, 6.45) is 7.80. The van der Waals surface area contributed by atoms with Gasteiger partial charge in [0.15, 0.2) is 5.96 Å². The Morgan fingerprint density at radius 1 is 1.55 bits per heavy atom. The summed E-state index contributed by atoms with van der Waals surface area (Å²) in [5.74, 6) is 4.03. The number of piperidine rings is 1. The number of thiophene rings is 1. The summed E-state index contributed by atoms with van der Waals surface area (Å²) in [7, 11) is 1.77. The maximum atomic E-state index is 5.25. The van der Waals surface area contributed by atoms with Crippen molar-refractivity contribution in [3.8, 4) is 12.3 Å². The molecule has 0 bridgehead atoms. The molecular formula is C16H25IN4S. The van der Waals surface area contributed by atoms with Crippen molar-refractivity contribution in [3.63, 3.8) is 0 Å². The van der Waals surface area contributed by atoms with Gasteiger partial charge in [0.25, 0.3) is 0 Å². The maximum absolute atomic E-state index is 5.25. The second-order valence-corrected chi connectivity index (χ2v) is 6.37. The first-order valence-corrected chi connectivity index (χ1v) is 8.32. The third-order valence-corrected chi connectivity index (χ3v) is 4.56. The topological polar surface area (TPSA) is 39.7 Å². The Hall–Kier alpha value is -0.780. The molecule has 1 saturated heterocycles. The lowest BCUT2D eigenvalue weighted by atomic mass is 9.98. The monoisotopic (exact) mass is 432 g/mol. The summed E-state index contributed by atoms with van der Waals surface area (Å²) in [6.45, 7) is 4.90. The number of halogens is 1. The van der Waals surface area contributed by atoms with Crippen molar-refractivity contribution >= 4 is 41.3 Å². The average molecular weight is 432 g/mol. The van der Waals surface area contributed by atoms with Crippen LogP contribution in [0.5, 0.6) is 0 Å². The summed E-state index contributed by atoms with van der Waals surface area (Å²) in [6, 6.07) is 4.35. The average Bonchev–Trinajstić information content (AvgIpc) is 3.01. The van der Waals surface area contributed by atoms with E-state index < -0.39 is 0 Å². The fourth-order valence-corrected chi connectivity index (χ4v) is 3.43. The summed E-state index contributed by atoms with van der Waals surface area (Å²) < 4.78 is 0. The molecule has 0 aromatic carbocycles. The van der Waals surface area contributed by atoms with Crippen LogP contribution in [0.4, 0.5) is 0 Å². The lowest BCUT2D eigenvalue weighted by Crippen LogP contribution is -2.44. The van der Waals surface area contributed by atoms with Gasteiger partial charge in [-0.2, -0.15) is 0 Å². The molecule has 1 aromatic rings. The Morgan fingerprint density at radius 2 is 2.41 bits per heavy atom. The first-order valence-electron chi connectivity index (χ1n) is 7.44. The van der Waals surface area contributed by atoms with Gasteiger partial charge in [0.05, 0.1) is 6.54 Å². The van der Waals surface area contributed by atoms with Crippen LogP contribution in [0.15, 0.2) is 22.5 Å². The molecule has 0 aliphatic carbocycles. The van der Waals surface area contributed by atoms with Crippen LogP contribution in [0.1, 0.15) is 17.7 Å². The first-order chi connectivity index (χ1) is 10.3. The molecule has 22 heavy (non-hydrogen) atoms. The highest BCUT2D eigenvalue weighted by Gasteiger charge is 2.20. The van der Waals surface area contributed by atoms with Crippen LogP contribution in [0.25, 0.3) is 0 Å². The minimum absolute atomic E-state index is 0. The zero-order valence-corrected chi connectivity index (χ0v) is 16.2. The van der Waals surface area contributed by atoms with Gasteiger partial charge in [-0.1, -0.05) is 12.0 Å². The number of terminal acetylenes is 1. The highest BCUT2D eigenvalue weighted by Crippen LogP contribution is 2.19. The van der Waals surface area contributed by atoms with Crippen LogP contribution in [0.3, 0.4) is 0 Å². The van der Waals surface area contributed by atoms with Crippen molar-refractivity contribution in [1.29, 1.82) is 0 Å². The standard InChI is InChI=1S/C16H24N4S.HI/c1-3-8-18-16(17-2)19-11-14-6-4-9-20(12-14)13-15-7-5-10-21-15;/h1,5,7,10,14H,4,6,8-9,11-13H2,2H3,(H2,17,18,19);1H. The zero-order chi connectivity index (χ0) is 14.9. The Morgan fingerprint density at radius 3 is 3.09 bits per heavy atom. The minimum atomic E-state index is 0. The SMILES string of the molecule is C#CCNC(=NC)NCC1CCCN(Cc2cccs2)C1.I. The molecule has 1 fully saturated rings. The smallest absolute Gasteiger partial charge is 0.191 e. The second kappa shape index (κ2) is 10.9. The number of guanidine groups is 1. The van der Waals surface area contributed by atoms with E-state index in [4.69, 9.17) is 6.42 Å². The van der Waals surface area contributed by atoms with E-state index in [9.17, 15) is 0 Å². The van der Waals surface area contributed by atoms with E-state index in [1.165, 1.54) is 24.3 Å². The third kappa shape index (κ3) is 6.55. The molecule has 4 nitrogen and oxygen atoms in total. The molecule has 0 saturated carbocycles. The molecule has 122 valence electrons. The molecule has 0 radical (unpaired) electrons. The first kappa shape index (κ1) is 19.3. The van der Waals surface area contributed by atoms with Crippen LogP contribution >= 0.6 is 35.3 Å². The van der Waals surface area contributed by atoms with Crippen molar-refractivity contribution in [1.82, 2.24) is 15.5 Å². The van der Waals surface area contributed by atoms with E-state index in [2.05, 4.69) is 44.0 Å². The van der Waals surface area contributed by atoms with Crippen LogP contribution in [0.2, 0.25) is 0 Å². The van der Waals surface area contributed by atoms with Crippen molar-refractivity contribution in [2.24, 2.45) is 10.9 Å². The predicted octanol–water partition coefficient (Wildman–Crippen LogP) is 2.38. The van der Waals surface area contributed by atoms with Gasteiger partial charge in [-0.3, -0.25) is 9.89 Å². The summed E-state index contributed by atoms with van der Waals surface area (Å²) in [4.78, 5) is 8.19. The molecule has 1 aliphatic heterocycles. The molecule has 1 aliphatic rings. The summed E-state index contributed by atoms with van der Waals surface area (Å²) in [5, 5.41) is 8.62. The van der Waals surface area contributed by atoms with Gasteiger partial charge in [-0.15, -0.1) is 41.7 Å². The fraction of sp³-hybridized carbons (Fsp3) is 0.562. The van der Waals surface area contributed by atoms with Gasteiger partial charge in [0.2, 0.25) is 0 Å². The fourth-order valence-electron chi connectivity index (χ4n) is 2.68. The molecular weight excluding hydrogens is 407 g/mol. The maximum Gasteiger partial charge on any atom is 0.191 e. The van der Waals surface area contributed by atoms with E-state index >= 15 is 0 Å². The van der Waals surface area contributed by atoms with E-state index in [-0.39, 0.29) is 24.0 Å². The zero-order valence-electron chi connectivity index (χ0n) is 13.0. The molecule has 1 aromatic heterocycles. The molecule has 1 atom stereocenters. The van der Waals surface area contributed by atoms with Gasteiger partial charge in [0.1, 0.15) is 0 Å². The van der Waals surface area contributed by atoms with Crippen LogP contribution < -0.4 is 10.6 Å². The van der Waals surface area contributed by atoms with Gasteiger partial charge < -0.3 is 10.6 Å². The number of nitrogens with zero attached hydrogens (tertiary/aromatic N) is 2. The highest BCUT2D eigenvalue weighted by atomic mass is 127. The quantitative estimate of drug-likeness (QED) is 0.325. The molecule has 2 rings (SSSR count). The Kier molecular flexibility index (Phi) is 9.52. The summed E-state index contributed by atoms with van der Waals surface area (Å²) >= 11 is 1.84. The lowest BCUT2D eigenvalue weighted by Gasteiger charge is -2.32. The van der Waals surface area contributed by atoms with Crippen molar-refractivity contribution in [3.05, 3.63) is 22.4 Å². The molecule has 2 N–H and O–H groups in total. The van der Waals surface area contributed by atoms with E-state index in [0.29, 0.717) is 12.5 Å². The number of nitrogens with one attached hydrogen (secondary N) is 2. The summed E-state index contributed by atoms with van der Waals surface area (Å²) in [5.41, 5.74) is 0. The van der Waals surface area contributed by atoms with Gasteiger partial charge >= 0.3 is 0 Å². The number of likely N-dealkylation sites (tertiary alicyclic amines) is 1. The highest BCUT2D eigenvalue weighted by molar-refractivity contribution is 14.0. The Bertz CT molecular complexity index is 481. The molecule has 6 heteroatoms. The van der Waals surface area contributed by atoms with Gasteiger partial charge in [-0.25, -0.2) is 0 Å². The Labute approximate surface area is 154 Å². The number of hydrogen-bond donors (Lipinski definition) is 2. The minimum Gasteiger partial charge on any atom is -0.356 e. The van der Waals surface area contributed by atoms with Crippen LogP contribution in [-0.2, 0) is 6.54 Å². The molecule has 1 unspecified atom stereocenters. The largest absolute Gasteiger partial charge is 0.356 e. The normalized spacial score (nSPS) is 19.1. The number of aliphatic imine (C=N–C) groups is 1. The predicted molar refractivity (Wildman–Crippen MR) is 106 cm³/mol. The van der Waals surface area contributed by atoms with Crippen molar-refractivity contribution in [2.75, 3.05) is 33.2 Å². The second-order valence-electron chi connectivity index (χ2n) is 5.33. The number of rotatable bonds is 5. The van der Waals surface area contributed by atoms with Gasteiger partial charge in [-0.05, 0) is 36.8 Å². The van der Waals surface area contributed by atoms with E-state index in [1.54, 1.807) is 7.05 Å². The Balaban J connectivity index is 0.00000242. The van der Waals surface area contributed by atoms with Crippen LogP contribution in [-0.4, -0.2) is 44.1 Å². The third-order valence-electron chi connectivity index (χ3n) is 3.70.